The lowest BCUT2D eigenvalue weighted by atomic mass is 10.4. The zero-order valence-electron chi connectivity index (χ0n) is 10.6. The maximum absolute atomic E-state index is 11.1. The Hall–Kier alpha value is -2.18. The number of nitrogens with zero attached hydrogens (tertiary/aromatic N) is 5. The third kappa shape index (κ3) is 2.24. The van der Waals surface area contributed by atoms with Crippen LogP contribution in [0.5, 0.6) is 0 Å². The number of hydrogen-bond donors (Lipinski definition) is 0. The number of aryl methyl sites for hydroxylation is 1. The number of ether oxygens (including phenoxy) is 1. The molecule has 0 aliphatic heterocycles. The Bertz CT molecular complexity index is 566. The molecule has 0 aliphatic rings. The van der Waals surface area contributed by atoms with Gasteiger partial charge in [-0.1, -0.05) is 0 Å². The summed E-state index contributed by atoms with van der Waals surface area (Å²) in [5, 5.41) is 8.08. The second-order valence-electron chi connectivity index (χ2n) is 3.94. The summed E-state index contributed by atoms with van der Waals surface area (Å²) in [6, 6.07) is 0. The predicted molar refractivity (Wildman–Crippen MR) is 65.4 cm³/mol. The molecule has 0 bridgehead atoms. The van der Waals surface area contributed by atoms with Crippen LogP contribution in [0.3, 0.4) is 0 Å². The molecule has 18 heavy (non-hydrogen) atoms. The van der Waals surface area contributed by atoms with Gasteiger partial charge >= 0.3 is 5.97 Å². The fourth-order valence-corrected chi connectivity index (χ4v) is 1.66. The van der Waals surface area contributed by atoms with Gasteiger partial charge in [0.2, 0.25) is 5.65 Å². The summed E-state index contributed by atoms with van der Waals surface area (Å²) in [6.07, 6.45) is 3.80. The highest BCUT2D eigenvalue weighted by Crippen LogP contribution is 2.16. The van der Waals surface area contributed by atoms with E-state index in [2.05, 4.69) is 19.9 Å². The summed E-state index contributed by atoms with van der Waals surface area (Å²) in [7, 11) is 3.23. The van der Waals surface area contributed by atoms with E-state index in [0.717, 1.165) is 5.82 Å². The Labute approximate surface area is 104 Å². The van der Waals surface area contributed by atoms with Gasteiger partial charge in [0.25, 0.3) is 0 Å². The molecule has 0 unspecified atom stereocenters. The van der Waals surface area contributed by atoms with Crippen LogP contribution in [0.2, 0.25) is 0 Å². The number of methoxy groups -OCH3 is 1. The van der Waals surface area contributed by atoms with Crippen LogP contribution in [0, 0.1) is 6.92 Å². The van der Waals surface area contributed by atoms with Gasteiger partial charge < -0.3 is 9.64 Å². The van der Waals surface area contributed by atoms with Crippen molar-refractivity contribution in [1.29, 1.82) is 0 Å². The predicted octanol–water partition coefficient (Wildman–Crippen LogP) is 0.432. The smallest absolute Gasteiger partial charge is 0.307 e. The third-order valence-electron chi connectivity index (χ3n) is 2.72. The molecule has 0 saturated heterocycles. The Morgan fingerprint density at radius 3 is 3.00 bits per heavy atom. The fraction of sp³-hybridized carbons (Fsp3) is 0.455. The van der Waals surface area contributed by atoms with Crippen LogP contribution in [-0.4, -0.2) is 46.3 Å². The van der Waals surface area contributed by atoms with Crippen LogP contribution in [0.15, 0.2) is 12.4 Å². The van der Waals surface area contributed by atoms with E-state index in [4.69, 9.17) is 0 Å². The van der Waals surface area contributed by atoms with Gasteiger partial charge in [0.05, 0.1) is 13.5 Å². The van der Waals surface area contributed by atoms with E-state index in [1.807, 2.05) is 29.5 Å². The van der Waals surface area contributed by atoms with Crippen LogP contribution in [0.25, 0.3) is 5.65 Å². The number of carbonyl (C=O) groups excluding carboxylic acids is 1. The lowest BCUT2D eigenvalue weighted by molar-refractivity contribution is -0.140. The van der Waals surface area contributed by atoms with Crippen molar-refractivity contribution in [3.05, 3.63) is 18.2 Å². The average Bonchev–Trinajstić information content (AvgIpc) is 2.77. The van der Waals surface area contributed by atoms with Crippen LogP contribution < -0.4 is 4.90 Å². The van der Waals surface area contributed by atoms with E-state index in [1.54, 1.807) is 6.20 Å². The van der Waals surface area contributed by atoms with E-state index in [1.165, 1.54) is 7.11 Å². The number of esters is 1. The van der Waals surface area contributed by atoms with E-state index in [-0.39, 0.29) is 5.97 Å². The minimum atomic E-state index is -0.244. The lowest BCUT2D eigenvalue weighted by Crippen LogP contribution is -2.23. The molecular formula is C11H15N5O2. The molecule has 0 spiro atoms. The van der Waals surface area contributed by atoms with E-state index in [9.17, 15) is 4.79 Å². The zero-order valence-corrected chi connectivity index (χ0v) is 10.6. The Kier molecular flexibility index (Phi) is 3.40. The molecule has 96 valence electrons. The summed E-state index contributed by atoms with van der Waals surface area (Å²) in [4.78, 5) is 17.2. The summed E-state index contributed by atoms with van der Waals surface area (Å²) in [5.74, 6) is 1.25. The van der Waals surface area contributed by atoms with Crippen LogP contribution in [0.4, 0.5) is 5.82 Å². The van der Waals surface area contributed by atoms with Crippen molar-refractivity contribution in [2.75, 3.05) is 25.6 Å². The van der Waals surface area contributed by atoms with Crippen molar-refractivity contribution in [3.8, 4) is 0 Å². The first-order chi connectivity index (χ1) is 8.63. The highest BCUT2D eigenvalue weighted by Gasteiger charge is 2.12. The molecule has 0 aliphatic carbocycles. The largest absolute Gasteiger partial charge is 0.469 e. The van der Waals surface area contributed by atoms with E-state index in [0.29, 0.717) is 24.4 Å². The van der Waals surface area contributed by atoms with Gasteiger partial charge in [0.1, 0.15) is 5.82 Å². The molecule has 0 saturated carbocycles. The van der Waals surface area contributed by atoms with Crippen LogP contribution in [-0.2, 0) is 9.53 Å². The summed E-state index contributed by atoms with van der Waals surface area (Å²) in [5.41, 5.74) is 0.683. The highest BCUT2D eigenvalue weighted by atomic mass is 16.5. The normalized spacial score (nSPS) is 10.6. The van der Waals surface area contributed by atoms with Gasteiger partial charge in [0.15, 0.2) is 5.82 Å². The van der Waals surface area contributed by atoms with Gasteiger partial charge in [-0.15, -0.1) is 10.2 Å². The molecule has 0 aromatic carbocycles. The Morgan fingerprint density at radius 1 is 1.50 bits per heavy atom. The zero-order chi connectivity index (χ0) is 13.1. The number of anilines is 1. The first-order valence-electron chi connectivity index (χ1n) is 5.57. The molecule has 2 aromatic rings. The number of carbonyl (C=O) groups is 1. The molecule has 2 heterocycles. The van der Waals surface area contributed by atoms with Gasteiger partial charge in [-0.3, -0.25) is 9.20 Å². The number of rotatable bonds is 4. The Morgan fingerprint density at radius 2 is 2.28 bits per heavy atom. The summed E-state index contributed by atoms with van der Waals surface area (Å²) >= 11 is 0. The average molecular weight is 249 g/mol. The van der Waals surface area contributed by atoms with Gasteiger partial charge in [-0.25, -0.2) is 4.98 Å². The molecule has 7 nitrogen and oxygen atoms in total. The minimum Gasteiger partial charge on any atom is -0.469 e. The molecular weight excluding hydrogens is 234 g/mol. The minimum absolute atomic E-state index is 0.244. The Balaban J connectivity index is 2.22. The van der Waals surface area contributed by atoms with Crippen molar-refractivity contribution < 1.29 is 9.53 Å². The SMILES string of the molecule is COC(=O)CCN(C)c1nccn2c(C)nnc12. The van der Waals surface area contributed by atoms with Crippen molar-refractivity contribution in [3.63, 3.8) is 0 Å². The van der Waals surface area contributed by atoms with E-state index < -0.39 is 0 Å². The van der Waals surface area contributed by atoms with Crippen molar-refractivity contribution in [2.45, 2.75) is 13.3 Å². The van der Waals surface area contributed by atoms with Crippen molar-refractivity contribution >= 4 is 17.4 Å². The molecule has 0 amide bonds. The molecule has 0 atom stereocenters. The van der Waals surface area contributed by atoms with Crippen LogP contribution in [0.1, 0.15) is 12.2 Å². The monoisotopic (exact) mass is 249 g/mol. The molecule has 7 heteroatoms. The first kappa shape index (κ1) is 12.3. The van der Waals surface area contributed by atoms with Gasteiger partial charge in [-0.2, -0.15) is 0 Å². The maximum Gasteiger partial charge on any atom is 0.307 e. The van der Waals surface area contributed by atoms with Gasteiger partial charge in [0, 0.05) is 26.0 Å². The fourth-order valence-electron chi connectivity index (χ4n) is 1.66. The molecule has 0 radical (unpaired) electrons. The molecule has 0 fully saturated rings. The molecule has 0 N–H and O–H groups in total. The summed E-state index contributed by atoms with van der Waals surface area (Å²) < 4.78 is 6.47. The standard InChI is InChI=1S/C11H15N5O2/c1-8-13-14-11-10(12-5-7-16(8)11)15(2)6-4-9(17)18-3/h5,7H,4,6H2,1-3H3. The molecule has 2 rings (SSSR count). The number of hydrogen-bond acceptors (Lipinski definition) is 6. The second kappa shape index (κ2) is 4.99. The van der Waals surface area contributed by atoms with E-state index >= 15 is 0 Å². The summed E-state index contributed by atoms with van der Waals surface area (Å²) in [6.45, 7) is 2.39. The quantitative estimate of drug-likeness (QED) is 0.732. The first-order valence-corrected chi connectivity index (χ1v) is 5.57. The van der Waals surface area contributed by atoms with Crippen molar-refractivity contribution in [2.24, 2.45) is 0 Å². The topological polar surface area (TPSA) is 72.6 Å². The number of aromatic nitrogens is 4. The van der Waals surface area contributed by atoms with Crippen molar-refractivity contribution in [1.82, 2.24) is 19.6 Å². The lowest BCUT2D eigenvalue weighted by Gasteiger charge is -2.17. The second-order valence-corrected chi connectivity index (χ2v) is 3.94. The number of fused-ring (bicyclic) bond motifs is 1. The van der Waals surface area contributed by atoms with Crippen LogP contribution >= 0.6 is 0 Å². The third-order valence-corrected chi connectivity index (χ3v) is 2.72. The molecule has 2 aromatic heterocycles. The highest BCUT2D eigenvalue weighted by molar-refractivity contribution is 5.70. The maximum atomic E-state index is 11.1. The van der Waals surface area contributed by atoms with Gasteiger partial charge in [-0.05, 0) is 6.92 Å².